The molecular formula is C26H25F3N6O2. The van der Waals surface area contributed by atoms with Crippen LogP contribution in [0, 0.1) is 0 Å². The summed E-state index contributed by atoms with van der Waals surface area (Å²) in [6, 6.07) is 18.1. The molecule has 2 amide bonds. The van der Waals surface area contributed by atoms with E-state index in [1.807, 2.05) is 30.3 Å². The van der Waals surface area contributed by atoms with E-state index in [1.165, 1.54) is 16.3 Å². The SMILES string of the molecule is CC(NCCNC(=O)Cn1cc2cc(NC(=O)c3cccc(C(F)(F)F)n3)ccc2n1)c1ccccc1. The number of carbonyl (C=O) groups excluding carboxylic acids is 2. The van der Waals surface area contributed by atoms with Gasteiger partial charge in [-0.3, -0.25) is 14.3 Å². The van der Waals surface area contributed by atoms with Crippen LogP contribution >= 0.6 is 0 Å². The summed E-state index contributed by atoms with van der Waals surface area (Å²) < 4.78 is 40.1. The van der Waals surface area contributed by atoms with Gasteiger partial charge in [0.1, 0.15) is 17.9 Å². The molecule has 4 rings (SSSR count). The van der Waals surface area contributed by atoms with Crippen molar-refractivity contribution in [3.8, 4) is 0 Å². The molecule has 2 heterocycles. The molecule has 37 heavy (non-hydrogen) atoms. The van der Waals surface area contributed by atoms with Crippen molar-refractivity contribution in [1.82, 2.24) is 25.4 Å². The van der Waals surface area contributed by atoms with Crippen LogP contribution < -0.4 is 16.0 Å². The van der Waals surface area contributed by atoms with Crippen LogP contribution in [-0.2, 0) is 17.5 Å². The van der Waals surface area contributed by atoms with Crippen molar-refractivity contribution in [2.75, 3.05) is 18.4 Å². The summed E-state index contributed by atoms with van der Waals surface area (Å²) in [7, 11) is 0. The first-order valence-electron chi connectivity index (χ1n) is 11.6. The Morgan fingerprint density at radius 3 is 2.54 bits per heavy atom. The average Bonchev–Trinajstić information content (AvgIpc) is 3.28. The molecule has 0 spiro atoms. The number of alkyl halides is 3. The molecule has 0 saturated carbocycles. The summed E-state index contributed by atoms with van der Waals surface area (Å²) in [5.41, 5.74) is 0.631. The number of fused-ring (bicyclic) bond motifs is 1. The second-order valence-electron chi connectivity index (χ2n) is 8.40. The van der Waals surface area contributed by atoms with Crippen LogP contribution in [0.4, 0.5) is 18.9 Å². The van der Waals surface area contributed by atoms with Gasteiger partial charge in [0.2, 0.25) is 5.91 Å². The molecule has 0 bridgehead atoms. The number of nitrogens with one attached hydrogen (secondary N) is 3. The summed E-state index contributed by atoms with van der Waals surface area (Å²) in [5.74, 6) is -0.974. The van der Waals surface area contributed by atoms with Crippen LogP contribution in [0.25, 0.3) is 10.9 Å². The number of amides is 2. The Labute approximate surface area is 210 Å². The third-order valence-electron chi connectivity index (χ3n) is 5.58. The standard InChI is InChI=1S/C26H25F3N6O2/c1-17(18-6-3-2-4-7-18)30-12-13-31-24(36)16-35-15-19-14-20(10-11-21(19)34-35)32-25(37)22-8-5-9-23(33-22)26(27,28)29/h2-11,14-15,17,30H,12-13,16H2,1H3,(H,31,36)(H,32,37). The Kier molecular flexibility index (Phi) is 7.83. The van der Waals surface area contributed by atoms with E-state index in [-0.39, 0.29) is 24.2 Å². The van der Waals surface area contributed by atoms with E-state index in [0.717, 1.165) is 12.1 Å². The highest BCUT2D eigenvalue weighted by atomic mass is 19.4. The van der Waals surface area contributed by atoms with Gasteiger partial charge in [-0.1, -0.05) is 36.4 Å². The summed E-state index contributed by atoms with van der Waals surface area (Å²) in [6.07, 6.45) is -2.99. The van der Waals surface area contributed by atoms with Gasteiger partial charge in [0.05, 0.1) is 5.52 Å². The molecule has 2 aromatic carbocycles. The number of hydrogen-bond donors (Lipinski definition) is 3. The molecule has 1 unspecified atom stereocenters. The number of rotatable bonds is 9. The number of pyridine rings is 1. The van der Waals surface area contributed by atoms with Crippen molar-refractivity contribution in [1.29, 1.82) is 0 Å². The Bertz CT molecular complexity index is 1390. The molecule has 0 saturated heterocycles. The van der Waals surface area contributed by atoms with Crippen LogP contribution in [0.1, 0.15) is 34.7 Å². The van der Waals surface area contributed by atoms with Crippen molar-refractivity contribution >= 4 is 28.4 Å². The highest BCUT2D eigenvalue weighted by molar-refractivity contribution is 6.03. The smallest absolute Gasteiger partial charge is 0.353 e. The number of anilines is 1. The van der Waals surface area contributed by atoms with Gasteiger partial charge in [0.15, 0.2) is 0 Å². The maximum absolute atomic E-state index is 12.9. The summed E-state index contributed by atoms with van der Waals surface area (Å²) in [6.45, 7) is 3.13. The van der Waals surface area contributed by atoms with Gasteiger partial charge in [0.25, 0.3) is 5.91 Å². The van der Waals surface area contributed by atoms with Crippen LogP contribution in [0.2, 0.25) is 0 Å². The number of aromatic nitrogens is 3. The molecule has 3 N–H and O–H groups in total. The molecule has 4 aromatic rings. The number of halogens is 3. The lowest BCUT2D eigenvalue weighted by Crippen LogP contribution is -2.34. The van der Waals surface area contributed by atoms with E-state index in [4.69, 9.17) is 0 Å². The molecule has 0 aliphatic rings. The lowest BCUT2D eigenvalue weighted by molar-refractivity contribution is -0.141. The minimum absolute atomic E-state index is 0.0127. The van der Waals surface area contributed by atoms with Gasteiger partial charge >= 0.3 is 6.18 Å². The van der Waals surface area contributed by atoms with Gasteiger partial charge in [0, 0.05) is 36.4 Å². The number of benzene rings is 2. The Balaban J connectivity index is 1.30. The highest BCUT2D eigenvalue weighted by Gasteiger charge is 2.32. The second kappa shape index (κ2) is 11.2. The zero-order chi connectivity index (χ0) is 26.4. The fourth-order valence-corrected chi connectivity index (χ4v) is 3.70. The van der Waals surface area contributed by atoms with E-state index in [2.05, 4.69) is 33.0 Å². The van der Waals surface area contributed by atoms with Crippen LogP contribution in [-0.4, -0.2) is 39.7 Å². The molecule has 11 heteroatoms. The zero-order valence-corrected chi connectivity index (χ0v) is 19.9. The van der Waals surface area contributed by atoms with E-state index in [9.17, 15) is 22.8 Å². The lowest BCUT2D eigenvalue weighted by atomic mass is 10.1. The topological polar surface area (TPSA) is 101 Å². The predicted molar refractivity (Wildman–Crippen MR) is 133 cm³/mol. The quantitative estimate of drug-likeness (QED) is 0.294. The first-order chi connectivity index (χ1) is 17.7. The summed E-state index contributed by atoms with van der Waals surface area (Å²) in [5, 5.41) is 13.8. The van der Waals surface area contributed by atoms with Gasteiger partial charge in [-0.05, 0) is 42.8 Å². The minimum atomic E-state index is -4.65. The maximum atomic E-state index is 12.9. The maximum Gasteiger partial charge on any atom is 0.433 e. The Hall–Kier alpha value is -4.25. The van der Waals surface area contributed by atoms with E-state index < -0.39 is 17.8 Å². The Morgan fingerprint density at radius 2 is 1.78 bits per heavy atom. The van der Waals surface area contributed by atoms with Gasteiger partial charge < -0.3 is 16.0 Å². The van der Waals surface area contributed by atoms with Crippen LogP contribution in [0.15, 0.2) is 72.9 Å². The third-order valence-corrected chi connectivity index (χ3v) is 5.58. The summed E-state index contributed by atoms with van der Waals surface area (Å²) in [4.78, 5) is 28.1. The van der Waals surface area contributed by atoms with Gasteiger partial charge in [-0.2, -0.15) is 18.3 Å². The van der Waals surface area contributed by atoms with Crippen molar-refractivity contribution in [2.45, 2.75) is 25.7 Å². The largest absolute Gasteiger partial charge is 0.433 e. The monoisotopic (exact) mass is 510 g/mol. The van der Waals surface area contributed by atoms with Crippen LogP contribution in [0.3, 0.4) is 0 Å². The number of nitrogens with zero attached hydrogens (tertiary/aromatic N) is 3. The molecular weight excluding hydrogens is 485 g/mol. The van der Waals surface area contributed by atoms with Crippen molar-refractivity contribution in [3.05, 3.63) is 89.9 Å². The molecule has 2 aromatic heterocycles. The van der Waals surface area contributed by atoms with E-state index in [1.54, 1.807) is 24.4 Å². The van der Waals surface area contributed by atoms with Crippen molar-refractivity contribution in [2.24, 2.45) is 0 Å². The number of carbonyl (C=O) groups is 2. The molecule has 0 fully saturated rings. The fraction of sp³-hybridized carbons (Fsp3) is 0.231. The highest BCUT2D eigenvalue weighted by Crippen LogP contribution is 2.27. The molecule has 0 aliphatic carbocycles. The molecule has 192 valence electrons. The first-order valence-corrected chi connectivity index (χ1v) is 11.6. The summed E-state index contributed by atoms with van der Waals surface area (Å²) >= 11 is 0. The second-order valence-corrected chi connectivity index (χ2v) is 8.40. The lowest BCUT2D eigenvalue weighted by Gasteiger charge is -2.14. The third kappa shape index (κ3) is 6.91. The van der Waals surface area contributed by atoms with Crippen molar-refractivity contribution < 1.29 is 22.8 Å². The predicted octanol–water partition coefficient (Wildman–Crippen LogP) is 4.17. The first kappa shape index (κ1) is 25.8. The fourth-order valence-electron chi connectivity index (χ4n) is 3.70. The van der Waals surface area contributed by atoms with E-state index >= 15 is 0 Å². The minimum Gasteiger partial charge on any atom is -0.353 e. The van der Waals surface area contributed by atoms with Gasteiger partial charge in [-0.15, -0.1) is 0 Å². The molecule has 0 aliphatic heterocycles. The van der Waals surface area contributed by atoms with E-state index in [0.29, 0.717) is 29.7 Å². The normalized spacial score (nSPS) is 12.3. The molecule has 0 radical (unpaired) electrons. The zero-order valence-electron chi connectivity index (χ0n) is 19.9. The van der Waals surface area contributed by atoms with Crippen molar-refractivity contribution in [3.63, 3.8) is 0 Å². The number of hydrogen-bond acceptors (Lipinski definition) is 5. The average molecular weight is 511 g/mol. The van der Waals surface area contributed by atoms with Crippen LogP contribution in [0.5, 0.6) is 0 Å². The molecule has 1 atom stereocenters. The Morgan fingerprint density at radius 1 is 1.00 bits per heavy atom. The van der Waals surface area contributed by atoms with Gasteiger partial charge in [-0.25, -0.2) is 4.98 Å². The molecule has 8 nitrogen and oxygen atoms in total.